The molecule has 1 amide bonds. The van der Waals surface area contributed by atoms with Gasteiger partial charge in [0.2, 0.25) is 5.91 Å². The van der Waals surface area contributed by atoms with Crippen molar-refractivity contribution in [2.45, 2.75) is 12.1 Å². The van der Waals surface area contributed by atoms with Crippen molar-refractivity contribution in [1.82, 2.24) is 14.8 Å². The summed E-state index contributed by atoms with van der Waals surface area (Å²) >= 11 is 1.23. The van der Waals surface area contributed by atoms with Crippen LogP contribution in [0.15, 0.2) is 84.0 Å². The molecule has 3 aromatic carbocycles. The highest BCUT2D eigenvalue weighted by Gasteiger charge is 2.19. The number of nitrogens with zero attached hydrogens (tertiary/aromatic N) is 3. The summed E-state index contributed by atoms with van der Waals surface area (Å²) in [5, 5.41) is 22.2. The standard InChI is InChI=1S/C24H20N4O3S/c1-16(29)17-8-7-9-18(14-17)25-22(31)15-32-24-27-26-23(20-12-5-6-13-21(20)30)28(24)19-10-3-2-4-11-19/h2-14,30H,15H2,1H3,(H,25,31). The SMILES string of the molecule is CC(=O)c1cccc(NC(=O)CSc2nnc(-c3ccccc3O)n2-c2ccccc2)c1. The summed E-state index contributed by atoms with van der Waals surface area (Å²) in [5.41, 5.74) is 2.45. The van der Waals surface area contributed by atoms with E-state index in [0.717, 1.165) is 5.69 Å². The summed E-state index contributed by atoms with van der Waals surface area (Å²) in [5.74, 6) is 0.365. The summed E-state index contributed by atoms with van der Waals surface area (Å²) < 4.78 is 1.81. The first-order valence-corrected chi connectivity index (χ1v) is 10.8. The molecule has 160 valence electrons. The fraction of sp³-hybridized carbons (Fsp3) is 0.0833. The fourth-order valence-corrected chi connectivity index (χ4v) is 3.91. The molecule has 4 rings (SSSR count). The van der Waals surface area contributed by atoms with Gasteiger partial charge in [0.05, 0.1) is 11.3 Å². The maximum atomic E-state index is 12.5. The number of anilines is 1. The summed E-state index contributed by atoms with van der Waals surface area (Å²) in [6, 6.07) is 23.2. The van der Waals surface area contributed by atoms with Crippen LogP contribution in [0.2, 0.25) is 0 Å². The van der Waals surface area contributed by atoms with Crippen molar-refractivity contribution in [2.24, 2.45) is 0 Å². The van der Waals surface area contributed by atoms with Gasteiger partial charge in [0.25, 0.3) is 0 Å². The first-order valence-electron chi connectivity index (χ1n) is 9.86. The molecule has 0 aliphatic heterocycles. The van der Waals surface area contributed by atoms with E-state index in [9.17, 15) is 14.7 Å². The normalized spacial score (nSPS) is 10.7. The Balaban J connectivity index is 1.58. The summed E-state index contributed by atoms with van der Waals surface area (Å²) in [6.07, 6.45) is 0. The Labute approximate surface area is 189 Å². The number of phenols is 1. The summed E-state index contributed by atoms with van der Waals surface area (Å²) in [6.45, 7) is 1.48. The average Bonchev–Trinajstić information content (AvgIpc) is 3.22. The number of nitrogens with one attached hydrogen (secondary N) is 1. The summed E-state index contributed by atoms with van der Waals surface area (Å²) in [4.78, 5) is 24.1. The van der Waals surface area contributed by atoms with Crippen LogP contribution in [0.3, 0.4) is 0 Å². The van der Waals surface area contributed by atoms with Crippen LogP contribution in [0.5, 0.6) is 5.75 Å². The number of amides is 1. The average molecular weight is 445 g/mol. The lowest BCUT2D eigenvalue weighted by Crippen LogP contribution is -2.15. The van der Waals surface area contributed by atoms with Crippen molar-refractivity contribution in [3.63, 3.8) is 0 Å². The Morgan fingerprint density at radius 3 is 2.47 bits per heavy atom. The molecule has 0 bridgehead atoms. The Bertz CT molecular complexity index is 1270. The van der Waals surface area contributed by atoms with Gasteiger partial charge in [-0.1, -0.05) is 54.2 Å². The highest BCUT2D eigenvalue weighted by molar-refractivity contribution is 7.99. The van der Waals surface area contributed by atoms with Crippen LogP contribution in [0, 0.1) is 0 Å². The quantitative estimate of drug-likeness (QED) is 0.320. The van der Waals surface area contributed by atoms with Crippen LogP contribution in [0.4, 0.5) is 5.69 Å². The van der Waals surface area contributed by atoms with E-state index in [4.69, 9.17) is 0 Å². The van der Waals surface area contributed by atoms with Crippen molar-refractivity contribution >= 4 is 29.1 Å². The zero-order valence-electron chi connectivity index (χ0n) is 17.2. The van der Waals surface area contributed by atoms with E-state index in [1.54, 1.807) is 42.5 Å². The Kier molecular flexibility index (Phi) is 6.32. The lowest BCUT2D eigenvalue weighted by Gasteiger charge is -2.11. The molecular formula is C24H20N4O3S. The lowest BCUT2D eigenvalue weighted by atomic mass is 10.1. The monoisotopic (exact) mass is 444 g/mol. The van der Waals surface area contributed by atoms with Gasteiger partial charge in [-0.15, -0.1) is 10.2 Å². The van der Waals surface area contributed by atoms with Gasteiger partial charge in [-0.25, -0.2) is 0 Å². The van der Waals surface area contributed by atoms with Crippen LogP contribution < -0.4 is 5.32 Å². The zero-order chi connectivity index (χ0) is 22.5. The fourth-order valence-electron chi connectivity index (χ4n) is 3.15. The van der Waals surface area contributed by atoms with Crippen molar-refractivity contribution in [3.05, 3.63) is 84.4 Å². The van der Waals surface area contributed by atoms with E-state index >= 15 is 0 Å². The number of aromatic nitrogens is 3. The zero-order valence-corrected chi connectivity index (χ0v) is 18.0. The molecule has 4 aromatic rings. The van der Waals surface area contributed by atoms with Gasteiger partial charge >= 0.3 is 0 Å². The number of thioether (sulfide) groups is 1. The number of aromatic hydroxyl groups is 1. The van der Waals surface area contributed by atoms with Crippen molar-refractivity contribution in [2.75, 3.05) is 11.1 Å². The number of hydrogen-bond donors (Lipinski definition) is 2. The molecule has 0 aliphatic carbocycles. The molecule has 0 aliphatic rings. The number of carbonyl (C=O) groups excluding carboxylic acids is 2. The van der Waals surface area contributed by atoms with Gasteiger partial charge in [0, 0.05) is 16.9 Å². The van der Waals surface area contributed by atoms with Gasteiger partial charge in [0.15, 0.2) is 16.8 Å². The molecule has 0 unspecified atom stereocenters. The second kappa shape index (κ2) is 9.49. The number of para-hydroxylation sites is 2. The number of Topliss-reactive ketones (excluding diaryl/α,β-unsaturated/α-hetero) is 1. The highest BCUT2D eigenvalue weighted by Crippen LogP contribution is 2.32. The molecule has 0 atom stereocenters. The first kappa shape index (κ1) is 21.3. The molecule has 0 saturated carbocycles. The van der Waals surface area contributed by atoms with E-state index < -0.39 is 0 Å². The van der Waals surface area contributed by atoms with Gasteiger partial charge in [-0.2, -0.15) is 0 Å². The third-order valence-corrected chi connectivity index (χ3v) is 5.61. The molecule has 0 radical (unpaired) electrons. The number of phenolic OH excluding ortho intramolecular Hbond substituents is 1. The van der Waals surface area contributed by atoms with Crippen molar-refractivity contribution in [1.29, 1.82) is 0 Å². The maximum Gasteiger partial charge on any atom is 0.234 e. The van der Waals surface area contributed by atoms with E-state index in [0.29, 0.717) is 27.8 Å². The Morgan fingerprint density at radius 2 is 1.72 bits per heavy atom. The van der Waals surface area contributed by atoms with Gasteiger partial charge in [0.1, 0.15) is 5.75 Å². The van der Waals surface area contributed by atoms with Crippen LogP contribution in [-0.4, -0.2) is 37.3 Å². The van der Waals surface area contributed by atoms with E-state index in [-0.39, 0.29) is 23.2 Å². The second-order valence-electron chi connectivity index (χ2n) is 6.97. The molecule has 2 N–H and O–H groups in total. The minimum Gasteiger partial charge on any atom is -0.507 e. The first-order chi connectivity index (χ1) is 15.5. The van der Waals surface area contributed by atoms with Gasteiger partial charge in [-0.05, 0) is 43.3 Å². The topological polar surface area (TPSA) is 97.1 Å². The van der Waals surface area contributed by atoms with Gasteiger partial charge in [-0.3, -0.25) is 14.2 Å². The van der Waals surface area contributed by atoms with Crippen LogP contribution in [0.25, 0.3) is 17.1 Å². The molecule has 0 fully saturated rings. The molecular weight excluding hydrogens is 424 g/mol. The third-order valence-electron chi connectivity index (χ3n) is 4.68. The predicted octanol–water partition coefficient (Wildman–Crippen LogP) is 4.57. The molecule has 32 heavy (non-hydrogen) atoms. The van der Waals surface area contributed by atoms with Crippen LogP contribution in [-0.2, 0) is 4.79 Å². The number of ketones is 1. The van der Waals surface area contributed by atoms with Gasteiger partial charge < -0.3 is 10.4 Å². The minimum atomic E-state index is -0.234. The maximum absolute atomic E-state index is 12.5. The number of benzene rings is 3. The predicted molar refractivity (Wildman–Crippen MR) is 124 cm³/mol. The number of rotatable bonds is 7. The minimum absolute atomic E-state index is 0.0665. The molecule has 8 heteroatoms. The smallest absolute Gasteiger partial charge is 0.234 e. The largest absolute Gasteiger partial charge is 0.507 e. The van der Waals surface area contributed by atoms with E-state index in [2.05, 4.69) is 15.5 Å². The lowest BCUT2D eigenvalue weighted by molar-refractivity contribution is -0.113. The third kappa shape index (κ3) is 4.70. The molecule has 7 nitrogen and oxygen atoms in total. The molecule has 1 heterocycles. The van der Waals surface area contributed by atoms with Crippen molar-refractivity contribution < 1.29 is 14.7 Å². The van der Waals surface area contributed by atoms with Crippen LogP contribution in [0.1, 0.15) is 17.3 Å². The van der Waals surface area contributed by atoms with E-state index in [1.165, 1.54) is 18.7 Å². The number of carbonyl (C=O) groups is 2. The molecule has 0 spiro atoms. The highest BCUT2D eigenvalue weighted by atomic mass is 32.2. The number of hydrogen-bond acceptors (Lipinski definition) is 6. The van der Waals surface area contributed by atoms with Crippen molar-refractivity contribution in [3.8, 4) is 22.8 Å². The van der Waals surface area contributed by atoms with Crippen LogP contribution >= 0.6 is 11.8 Å². The Morgan fingerprint density at radius 1 is 0.969 bits per heavy atom. The van der Waals surface area contributed by atoms with E-state index in [1.807, 2.05) is 41.0 Å². The molecule has 1 aromatic heterocycles. The Hall–Kier alpha value is -3.91. The summed E-state index contributed by atoms with van der Waals surface area (Å²) in [7, 11) is 0. The molecule has 0 saturated heterocycles. The second-order valence-corrected chi connectivity index (χ2v) is 7.91.